The number of rotatable bonds is 8. The molecule has 0 spiro atoms. The minimum atomic E-state index is -4.68. The highest BCUT2D eigenvalue weighted by Crippen LogP contribution is 2.38. The van der Waals surface area contributed by atoms with Crippen LogP contribution in [0.5, 0.6) is 5.75 Å². The summed E-state index contributed by atoms with van der Waals surface area (Å²) in [5.74, 6) is 0.610. The van der Waals surface area contributed by atoms with Gasteiger partial charge >= 0.3 is 6.18 Å². The lowest BCUT2D eigenvalue weighted by atomic mass is 10.0. The van der Waals surface area contributed by atoms with Crippen LogP contribution in [0.15, 0.2) is 77.8 Å². The molecule has 0 radical (unpaired) electrons. The third-order valence-corrected chi connectivity index (χ3v) is 7.59. The Kier molecular flexibility index (Phi) is 8.35. The SMILES string of the molecule is COc1ccc(/C=C/C(=O)c2ccc(C)s2)cc1CSc1nc(C(F)(F)F)cc(-c2ccccc2)c1C#N. The summed E-state index contributed by atoms with van der Waals surface area (Å²) >= 11 is 2.44. The van der Waals surface area contributed by atoms with Gasteiger partial charge in [-0.1, -0.05) is 42.5 Å². The number of alkyl halides is 3. The van der Waals surface area contributed by atoms with E-state index in [-0.39, 0.29) is 27.7 Å². The Labute approximate surface area is 226 Å². The molecule has 0 atom stereocenters. The number of carbonyl (C=O) groups is 1. The normalized spacial score (nSPS) is 11.5. The van der Waals surface area contributed by atoms with Crippen molar-refractivity contribution < 1.29 is 22.7 Å². The fraction of sp³-hybridized carbons (Fsp3) is 0.138. The van der Waals surface area contributed by atoms with E-state index in [2.05, 4.69) is 4.98 Å². The quantitative estimate of drug-likeness (QED) is 0.126. The first kappa shape index (κ1) is 27.2. The number of carbonyl (C=O) groups excluding carboxylic acids is 1. The smallest absolute Gasteiger partial charge is 0.433 e. The first-order chi connectivity index (χ1) is 18.2. The van der Waals surface area contributed by atoms with Crippen LogP contribution in [0.4, 0.5) is 13.2 Å². The molecule has 0 fully saturated rings. The zero-order valence-corrected chi connectivity index (χ0v) is 22.0. The highest BCUT2D eigenvalue weighted by atomic mass is 32.2. The van der Waals surface area contributed by atoms with Gasteiger partial charge < -0.3 is 4.74 Å². The Morgan fingerprint density at radius 3 is 2.53 bits per heavy atom. The number of aromatic nitrogens is 1. The number of nitrogens with zero attached hydrogens (tertiary/aromatic N) is 2. The van der Waals surface area contributed by atoms with E-state index in [1.807, 2.05) is 19.1 Å². The van der Waals surface area contributed by atoms with Crippen LogP contribution >= 0.6 is 23.1 Å². The van der Waals surface area contributed by atoms with Crippen LogP contribution in [0.25, 0.3) is 17.2 Å². The topological polar surface area (TPSA) is 63.0 Å². The van der Waals surface area contributed by atoms with E-state index >= 15 is 0 Å². The van der Waals surface area contributed by atoms with E-state index in [4.69, 9.17) is 4.74 Å². The lowest BCUT2D eigenvalue weighted by molar-refractivity contribution is -0.141. The highest BCUT2D eigenvalue weighted by Gasteiger charge is 2.34. The lowest BCUT2D eigenvalue weighted by Crippen LogP contribution is -2.10. The van der Waals surface area contributed by atoms with Crippen molar-refractivity contribution in [3.8, 4) is 22.9 Å². The van der Waals surface area contributed by atoms with Crippen LogP contribution in [-0.4, -0.2) is 17.9 Å². The Balaban J connectivity index is 1.66. The largest absolute Gasteiger partial charge is 0.496 e. The average molecular weight is 551 g/mol. The van der Waals surface area contributed by atoms with Gasteiger partial charge in [0.05, 0.1) is 17.6 Å². The second kappa shape index (κ2) is 11.7. The van der Waals surface area contributed by atoms with E-state index in [0.717, 1.165) is 28.3 Å². The maximum Gasteiger partial charge on any atom is 0.433 e. The summed E-state index contributed by atoms with van der Waals surface area (Å²) in [4.78, 5) is 17.9. The number of ketones is 1. The summed E-state index contributed by atoms with van der Waals surface area (Å²) in [6, 6.07) is 20.4. The Hall–Kier alpha value is -3.87. The molecule has 0 saturated heterocycles. The first-order valence-electron chi connectivity index (χ1n) is 11.4. The molecule has 0 unspecified atom stereocenters. The molecule has 0 bridgehead atoms. The molecular weight excluding hydrogens is 529 g/mol. The van der Waals surface area contributed by atoms with Crippen molar-refractivity contribution in [1.29, 1.82) is 5.26 Å². The lowest BCUT2D eigenvalue weighted by Gasteiger charge is -2.15. The standard InChI is InChI=1S/C29H21F3N2O2S2/c1-18-8-13-26(38-18)24(35)11-9-19-10-12-25(36-2)21(14-19)17-37-28-23(16-33)22(20-6-4-3-5-7-20)15-27(34-28)29(30,31)32/h3-15H,17H2,1-2H3/b11-9+. The molecule has 4 rings (SSSR count). The Morgan fingerprint density at radius 1 is 1.13 bits per heavy atom. The minimum Gasteiger partial charge on any atom is -0.496 e. The van der Waals surface area contributed by atoms with Crippen molar-refractivity contribution in [2.45, 2.75) is 23.9 Å². The number of nitriles is 1. The van der Waals surface area contributed by atoms with Crippen molar-refractivity contribution in [2.24, 2.45) is 0 Å². The molecule has 0 N–H and O–H groups in total. The third kappa shape index (κ3) is 6.33. The van der Waals surface area contributed by atoms with Crippen molar-refractivity contribution in [3.63, 3.8) is 0 Å². The fourth-order valence-corrected chi connectivity index (χ4v) is 5.48. The number of ether oxygens (including phenoxy) is 1. The monoisotopic (exact) mass is 550 g/mol. The van der Waals surface area contributed by atoms with Gasteiger partial charge in [-0.25, -0.2) is 4.98 Å². The maximum atomic E-state index is 13.7. The third-order valence-electron chi connectivity index (χ3n) is 5.55. The molecular formula is C29H21F3N2O2S2. The zero-order chi connectivity index (χ0) is 27.3. The molecule has 0 aliphatic heterocycles. The number of pyridine rings is 1. The summed E-state index contributed by atoms with van der Waals surface area (Å²) in [7, 11) is 1.50. The van der Waals surface area contributed by atoms with Gasteiger partial charge in [0, 0.05) is 21.8 Å². The van der Waals surface area contributed by atoms with Crippen molar-refractivity contribution in [3.05, 3.63) is 105 Å². The molecule has 0 aliphatic carbocycles. The van der Waals surface area contributed by atoms with Gasteiger partial charge in [-0.2, -0.15) is 18.4 Å². The molecule has 2 aromatic carbocycles. The van der Waals surface area contributed by atoms with Gasteiger partial charge in [0.15, 0.2) is 5.78 Å². The number of aryl methyl sites for hydroxylation is 1. The molecule has 4 aromatic rings. The Bertz CT molecular complexity index is 1540. The van der Waals surface area contributed by atoms with Crippen molar-refractivity contribution in [2.75, 3.05) is 7.11 Å². The number of halogens is 3. The molecule has 2 aromatic heterocycles. The first-order valence-corrected chi connectivity index (χ1v) is 13.2. The van der Waals surface area contributed by atoms with Crippen molar-refractivity contribution >= 4 is 35.0 Å². The summed E-state index contributed by atoms with van der Waals surface area (Å²) in [5.41, 5.74) is 1.08. The van der Waals surface area contributed by atoms with E-state index in [9.17, 15) is 23.2 Å². The minimum absolute atomic E-state index is 0.0209. The summed E-state index contributed by atoms with van der Waals surface area (Å²) in [6.07, 6.45) is -1.51. The van der Waals surface area contributed by atoms with Crippen molar-refractivity contribution in [1.82, 2.24) is 4.98 Å². The predicted octanol–water partition coefficient (Wildman–Crippen LogP) is 8.21. The van der Waals surface area contributed by atoms with Gasteiger partial charge in [0.2, 0.25) is 0 Å². The Morgan fingerprint density at radius 2 is 1.89 bits per heavy atom. The molecule has 0 amide bonds. The van der Waals surface area contributed by atoms with Gasteiger partial charge in [-0.15, -0.1) is 23.1 Å². The van der Waals surface area contributed by atoms with Gasteiger partial charge in [-0.3, -0.25) is 4.79 Å². The van der Waals surface area contributed by atoms with Crippen LogP contribution in [0, 0.1) is 18.3 Å². The van der Waals surface area contributed by atoms with Crippen LogP contribution in [0.2, 0.25) is 0 Å². The molecule has 38 heavy (non-hydrogen) atoms. The molecule has 0 saturated carbocycles. The van der Waals surface area contributed by atoms with Crippen LogP contribution in [0.3, 0.4) is 0 Å². The van der Waals surface area contributed by atoms with Gasteiger partial charge in [0.25, 0.3) is 0 Å². The number of methoxy groups -OCH3 is 1. The number of hydrogen-bond acceptors (Lipinski definition) is 6. The number of thiophene rings is 1. The maximum absolute atomic E-state index is 13.7. The number of allylic oxidation sites excluding steroid dienone is 1. The number of benzene rings is 2. The highest BCUT2D eigenvalue weighted by molar-refractivity contribution is 7.98. The predicted molar refractivity (Wildman–Crippen MR) is 144 cm³/mol. The number of thioether (sulfide) groups is 1. The van der Waals surface area contributed by atoms with E-state index in [1.54, 1.807) is 60.7 Å². The second-order valence-electron chi connectivity index (χ2n) is 8.18. The van der Waals surface area contributed by atoms with Crippen LogP contribution in [0.1, 0.15) is 36.9 Å². The zero-order valence-electron chi connectivity index (χ0n) is 20.4. The summed E-state index contributed by atoms with van der Waals surface area (Å²) < 4.78 is 46.5. The van der Waals surface area contributed by atoms with E-state index in [0.29, 0.717) is 21.8 Å². The van der Waals surface area contributed by atoms with Gasteiger partial charge in [0.1, 0.15) is 22.5 Å². The average Bonchev–Trinajstić information content (AvgIpc) is 3.36. The molecule has 9 heteroatoms. The van der Waals surface area contributed by atoms with E-state index in [1.165, 1.54) is 24.5 Å². The van der Waals surface area contributed by atoms with E-state index < -0.39 is 11.9 Å². The fourth-order valence-electron chi connectivity index (χ4n) is 3.71. The van der Waals surface area contributed by atoms with Gasteiger partial charge in [-0.05, 0) is 54.5 Å². The summed E-state index contributed by atoms with van der Waals surface area (Å²) in [6.45, 7) is 1.93. The molecule has 0 aliphatic rings. The summed E-state index contributed by atoms with van der Waals surface area (Å²) in [5, 5.41) is 9.84. The molecule has 4 nitrogen and oxygen atoms in total. The molecule has 2 heterocycles. The molecule has 192 valence electrons. The number of hydrogen-bond donors (Lipinski definition) is 0. The second-order valence-corrected chi connectivity index (χ2v) is 10.4. The van der Waals surface area contributed by atoms with Crippen LogP contribution < -0.4 is 4.74 Å². The van der Waals surface area contributed by atoms with Crippen LogP contribution in [-0.2, 0) is 11.9 Å².